The molecule has 1 saturated heterocycles. The Morgan fingerprint density at radius 2 is 2.08 bits per heavy atom. The maximum absolute atomic E-state index is 12.6. The van der Waals surface area contributed by atoms with Gasteiger partial charge >= 0.3 is 0 Å². The highest BCUT2D eigenvalue weighted by Crippen LogP contribution is 2.27. The predicted molar refractivity (Wildman–Crippen MR) is 101 cm³/mol. The van der Waals surface area contributed by atoms with Crippen molar-refractivity contribution in [3.8, 4) is 0 Å². The lowest BCUT2D eigenvalue weighted by molar-refractivity contribution is 0.102. The van der Waals surface area contributed by atoms with E-state index in [0.717, 1.165) is 48.1 Å². The quantitative estimate of drug-likeness (QED) is 0.660. The van der Waals surface area contributed by atoms with E-state index in [2.05, 4.69) is 31.4 Å². The van der Waals surface area contributed by atoms with Gasteiger partial charge in [-0.3, -0.25) is 4.79 Å². The molecule has 4 N–H and O–H groups in total. The summed E-state index contributed by atoms with van der Waals surface area (Å²) in [6, 6.07) is 7.93. The van der Waals surface area contributed by atoms with E-state index in [0.29, 0.717) is 12.2 Å². The number of rotatable bonds is 4. The molecule has 0 aliphatic carbocycles. The van der Waals surface area contributed by atoms with E-state index < -0.39 is 0 Å². The summed E-state index contributed by atoms with van der Waals surface area (Å²) in [5.74, 6) is -0.176. The largest absolute Gasteiger partial charge is 0.367 e. The van der Waals surface area contributed by atoms with E-state index in [9.17, 15) is 4.79 Å². The highest BCUT2D eigenvalue weighted by atomic mass is 32.1. The van der Waals surface area contributed by atoms with Gasteiger partial charge in [0.1, 0.15) is 10.7 Å². The van der Waals surface area contributed by atoms with Crippen LogP contribution in [0.2, 0.25) is 0 Å². The van der Waals surface area contributed by atoms with Gasteiger partial charge in [-0.25, -0.2) is 10.4 Å². The molecule has 130 valence electrons. The number of aromatic nitrogens is 1. The zero-order valence-corrected chi connectivity index (χ0v) is 14.5. The molecule has 2 aliphatic rings. The van der Waals surface area contributed by atoms with Gasteiger partial charge in [-0.1, -0.05) is 12.1 Å². The molecule has 0 spiro atoms. The number of para-hydroxylation sites is 2. The molecule has 0 bridgehead atoms. The zero-order chi connectivity index (χ0) is 17.1. The first kappa shape index (κ1) is 16.1. The molecule has 7 nitrogen and oxygen atoms in total. The van der Waals surface area contributed by atoms with Crippen molar-refractivity contribution in [2.24, 2.45) is 0 Å². The minimum absolute atomic E-state index is 0.176. The van der Waals surface area contributed by atoms with Crippen molar-refractivity contribution >= 4 is 34.2 Å². The lowest BCUT2D eigenvalue weighted by atomic mass is 10.2. The van der Waals surface area contributed by atoms with Gasteiger partial charge in [-0.2, -0.15) is 0 Å². The fraction of sp³-hybridized carbons (Fsp3) is 0.294. The third kappa shape index (κ3) is 3.51. The van der Waals surface area contributed by atoms with Gasteiger partial charge < -0.3 is 21.0 Å². The number of nitrogens with zero attached hydrogens (tertiary/aromatic N) is 2. The van der Waals surface area contributed by atoms with Crippen molar-refractivity contribution in [2.45, 2.75) is 0 Å². The van der Waals surface area contributed by atoms with Crippen molar-refractivity contribution in [1.29, 1.82) is 0 Å². The molecule has 0 unspecified atom stereocenters. The van der Waals surface area contributed by atoms with Gasteiger partial charge in [0.25, 0.3) is 5.91 Å². The Morgan fingerprint density at radius 3 is 2.88 bits per heavy atom. The van der Waals surface area contributed by atoms with E-state index in [4.69, 9.17) is 0 Å². The average Bonchev–Trinajstić information content (AvgIpc) is 3.34. The molecule has 2 aromatic rings. The first-order chi connectivity index (χ1) is 12.3. The van der Waals surface area contributed by atoms with Crippen molar-refractivity contribution < 1.29 is 4.79 Å². The van der Waals surface area contributed by atoms with Crippen LogP contribution in [0.4, 0.5) is 11.4 Å². The molecule has 25 heavy (non-hydrogen) atoms. The first-order valence-electron chi connectivity index (χ1n) is 8.30. The van der Waals surface area contributed by atoms with Gasteiger partial charge in [0.15, 0.2) is 0 Å². The van der Waals surface area contributed by atoms with Crippen LogP contribution in [-0.2, 0) is 0 Å². The van der Waals surface area contributed by atoms with Gasteiger partial charge in [0.2, 0.25) is 0 Å². The maximum Gasteiger partial charge on any atom is 0.275 e. The first-order valence-corrected chi connectivity index (χ1v) is 9.18. The smallest absolute Gasteiger partial charge is 0.275 e. The van der Waals surface area contributed by atoms with Crippen LogP contribution in [0, 0.1) is 0 Å². The molecule has 3 heterocycles. The fourth-order valence-electron chi connectivity index (χ4n) is 2.95. The number of carbonyl (C=O) groups excluding carboxylic acids is 1. The van der Waals surface area contributed by atoms with Crippen LogP contribution in [0.1, 0.15) is 15.5 Å². The predicted octanol–water partition coefficient (Wildman–Crippen LogP) is 1.25. The minimum Gasteiger partial charge on any atom is -0.367 e. The summed E-state index contributed by atoms with van der Waals surface area (Å²) in [7, 11) is 0. The van der Waals surface area contributed by atoms with Crippen molar-refractivity contribution in [2.75, 3.05) is 42.9 Å². The summed E-state index contributed by atoms with van der Waals surface area (Å²) < 4.78 is 0. The number of amides is 1. The van der Waals surface area contributed by atoms with E-state index in [-0.39, 0.29) is 5.91 Å². The van der Waals surface area contributed by atoms with Crippen LogP contribution < -0.4 is 26.4 Å². The number of hydrogen-bond acceptors (Lipinski definition) is 7. The minimum atomic E-state index is -0.176. The topological polar surface area (TPSA) is 81.3 Å². The second-order valence-corrected chi connectivity index (χ2v) is 6.77. The van der Waals surface area contributed by atoms with Gasteiger partial charge in [-0.15, -0.1) is 11.3 Å². The Labute approximate surface area is 150 Å². The van der Waals surface area contributed by atoms with Crippen LogP contribution >= 0.6 is 11.3 Å². The molecule has 0 radical (unpaired) electrons. The zero-order valence-electron chi connectivity index (χ0n) is 13.7. The molecule has 2 aliphatic heterocycles. The van der Waals surface area contributed by atoms with Gasteiger partial charge in [0, 0.05) is 49.9 Å². The summed E-state index contributed by atoms with van der Waals surface area (Å²) in [5.41, 5.74) is 9.33. The maximum atomic E-state index is 12.6. The van der Waals surface area contributed by atoms with Crippen molar-refractivity contribution in [3.05, 3.63) is 46.5 Å². The Hall–Kier alpha value is -2.42. The van der Waals surface area contributed by atoms with E-state index >= 15 is 0 Å². The third-order valence-electron chi connectivity index (χ3n) is 4.25. The summed E-state index contributed by atoms with van der Waals surface area (Å²) in [5, 5.41) is 9.03. The molecule has 1 fully saturated rings. The molecule has 1 aromatic heterocycles. The summed E-state index contributed by atoms with van der Waals surface area (Å²) >= 11 is 1.48. The summed E-state index contributed by atoms with van der Waals surface area (Å²) in [6.45, 7) is 4.48. The number of hydrogen-bond donors (Lipinski definition) is 4. The van der Waals surface area contributed by atoms with Crippen LogP contribution in [0.5, 0.6) is 0 Å². The molecule has 4 rings (SSSR count). The van der Waals surface area contributed by atoms with Crippen molar-refractivity contribution in [1.82, 2.24) is 21.2 Å². The second kappa shape index (κ2) is 7.22. The molecule has 1 aromatic carbocycles. The lowest BCUT2D eigenvalue weighted by Gasteiger charge is -2.31. The molecule has 8 heteroatoms. The molecule has 0 atom stereocenters. The highest BCUT2D eigenvalue weighted by Gasteiger charge is 2.18. The van der Waals surface area contributed by atoms with E-state index in [1.807, 2.05) is 30.5 Å². The van der Waals surface area contributed by atoms with Crippen LogP contribution in [0.25, 0.3) is 5.57 Å². The fourth-order valence-corrected chi connectivity index (χ4v) is 3.76. The van der Waals surface area contributed by atoms with Crippen LogP contribution in [0.3, 0.4) is 0 Å². The monoisotopic (exact) mass is 356 g/mol. The Bertz CT molecular complexity index is 796. The number of anilines is 2. The summed E-state index contributed by atoms with van der Waals surface area (Å²) in [4.78, 5) is 19.4. The van der Waals surface area contributed by atoms with Crippen molar-refractivity contribution in [3.63, 3.8) is 0 Å². The number of hydrazine groups is 1. The van der Waals surface area contributed by atoms with E-state index in [1.165, 1.54) is 11.3 Å². The Morgan fingerprint density at radius 1 is 1.24 bits per heavy atom. The molecule has 0 saturated carbocycles. The molecule has 1 amide bonds. The lowest BCUT2D eigenvalue weighted by Crippen LogP contribution is -2.43. The average molecular weight is 356 g/mol. The number of carbonyl (C=O) groups is 1. The summed E-state index contributed by atoms with van der Waals surface area (Å²) in [6.07, 6.45) is 1.88. The highest BCUT2D eigenvalue weighted by molar-refractivity contribution is 7.11. The molecular formula is C17H20N6OS. The molecular weight excluding hydrogens is 336 g/mol. The normalized spacial score (nSPS) is 17.1. The number of thiazole rings is 1. The van der Waals surface area contributed by atoms with E-state index in [1.54, 1.807) is 5.38 Å². The van der Waals surface area contributed by atoms with Gasteiger partial charge in [-0.05, 0) is 12.1 Å². The second-order valence-electron chi connectivity index (χ2n) is 5.91. The third-order valence-corrected chi connectivity index (χ3v) is 5.17. The van der Waals surface area contributed by atoms with Crippen LogP contribution in [-0.4, -0.2) is 43.6 Å². The number of nitrogens with one attached hydrogen (secondary N) is 4. The SMILES string of the molecule is O=C(Nc1ccccc1N1CCNCC1)c1csc(C2=CNNC2)n1. The van der Waals surface area contributed by atoms with Crippen LogP contribution in [0.15, 0.2) is 35.8 Å². The number of piperazine rings is 1. The number of benzene rings is 1. The Kier molecular flexibility index (Phi) is 4.64. The standard InChI is InChI=1S/C17H20N6OS/c24-16(14-11-25-17(22-14)12-9-19-20-10-12)21-13-3-1-2-4-15(13)23-7-5-18-6-8-23/h1-4,9,11,18-20H,5-8,10H2,(H,21,24). The van der Waals surface area contributed by atoms with Gasteiger partial charge in [0.05, 0.1) is 11.4 Å². The Balaban J connectivity index is 1.51.